The normalized spacial score (nSPS) is 19.2. The van der Waals surface area contributed by atoms with Crippen molar-refractivity contribution in [1.29, 1.82) is 0 Å². The Balaban J connectivity index is 1.48. The van der Waals surface area contributed by atoms with E-state index in [0.29, 0.717) is 5.69 Å². The predicted octanol–water partition coefficient (Wildman–Crippen LogP) is 4.36. The zero-order valence-electron chi connectivity index (χ0n) is 17.2. The highest BCUT2D eigenvalue weighted by Crippen LogP contribution is 2.48. The number of nitrogens with zero attached hydrogens (tertiary/aromatic N) is 3. The number of likely N-dealkylation sites (tertiary alicyclic amines) is 1. The number of hydrogen-bond donors (Lipinski definition) is 1. The van der Waals surface area contributed by atoms with Gasteiger partial charge in [-0.25, -0.2) is 4.68 Å². The molecule has 2 aromatic carbocycles. The third kappa shape index (κ3) is 3.33. The number of aromatic nitrogens is 2. The minimum atomic E-state index is -0.0734. The summed E-state index contributed by atoms with van der Waals surface area (Å²) < 4.78 is 1.72. The van der Waals surface area contributed by atoms with Crippen molar-refractivity contribution >= 4 is 5.91 Å². The average Bonchev–Trinajstić information content (AvgIpc) is 3.46. The summed E-state index contributed by atoms with van der Waals surface area (Å²) in [4.78, 5) is 16.1. The Morgan fingerprint density at radius 3 is 2.20 bits per heavy atom. The standard InChI is InChI=1S/C25H28N4O/c30-24(22-14-17-26-29(22)21-12-5-2-6-13-21)27-23(20-10-3-1-4-11-20)25(15-9-16-25)28-18-7-8-19-28/h1-6,10-14,17,23H,7-9,15-16,18-19H2,(H,27,30). The highest BCUT2D eigenvalue weighted by molar-refractivity contribution is 5.93. The van der Waals surface area contributed by atoms with Crippen LogP contribution in [0.4, 0.5) is 0 Å². The van der Waals surface area contributed by atoms with Crippen LogP contribution in [0.3, 0.4) is 0 Å². The lowest BCUT2D eigenvalue weighted by Gasteiger charge is -2.54. The maximum Gasteiger partial charge on any atom is 0.270 e. The summed E-state index contributed by atoms with van der Waals surface area (Å²) in [5.41, 5.74) is 2.66. The molecule has 5 rings (SSSR count). The van der Waals surface area contributed by atoms with E-state index in [1.165, 1.54) is 24.8 Å². The number of para-hydroxylation sites is 1. The fourth-order valence-corrected chi connectivity index (χ4v) is 5.12. The number of amides is 1. The molecule has 1 unspecified atom stereocenters. The molecule has 1 saturated heterocycles. The Kier molecular flexibility index (Phi) is 5.13. The minimum Gasteiger partial charge on any atom is -0.342 e. The van der Waals surface area contributed by atoms with Crippen LogP contribution in [-0.2, 0) is 0 Å². The maximum absolute atomic E-state index is 13.5. The summed E-state index contributed by atoms with van der Waals surface area (Å²) in [5, 5.41) is 7.83. The monoisotopic (exact) mass is 400 g/mol. The van der Waals surface area contributed by atoms with E-state index in [1.54, 1.807) is 16.9 Å². The van der Waals surface area contributed by atoms with Crippen LogP contribution in [0.2, 0.25) is 0 Å². The Hall–Kier alpha value is -2.92. The molecule has 2 fully saturated rings. The van der Waals surface area contributed by atoms with E-state index < -0.39 is 0 Å². The molecule has 0 radical (unpaired) electrons. The number of hydrogen-bond acceptors (Lipinski definition) is 3. The first-order valence-corrected chi connectivity index (χ1v) is 11.0. The number of benzene rings is 2. The van der Waals surface area contributed by atoms with Gasteiger partial charge in [-0.2, -0.15) is 5.10 Å². The zero-order valence-corrected chi connectivity index (χ0v) is 17.2. The molecular formula is C25H28N4O. The van der Waals surface area contributed by atoms with Gasteiger partial charge in [-0.05, 0) is 69.0 Å². The first kappa shape index (κ1) is 19.1. The van der Waals surface area contributed by atoms with E-state index in [-0.39, 0.29) is 17.5 Å². The molecule has 154 valence electrons. The molecule has 5 heteroatoms. The highest BCUT2D eigenvalue weighted by Gasteiger charge is 2.50. The van der Waals surface area contributed by atoms with E-state index in [4.69, 9.17) is 0 Å². The lowest BCUT2D eigenvalue weighted by molar-refractivity contribution is -0.000529. The summed E-state index contributed by atoms with van der Waals surface area (Å²) in [6, 6.07) is 22.1. The molecule has 1 atom stereocenters. The van der Waals surface area contributed by atoms with Gasteiger partial charge in [0.05, 0.1) is 17.9 Å². The quantitative estimate of drug-likeness (QED) is 0.669. The molecule has 2 heterocycles. The van der Waals surface area contributed by atoms with Crippen molar-refractivity contribution in [3.05, 3.63) is 84.2 Å². The van der Waals surface area contributed by atoms with Crippen molar-refractivity contribution in [3.8, 4) is 5.69 Å². The van der Waals surface area contributed by atoms with E-state index in [2.05, 4.69) is 39.6 Å². The second-order valence-electron chi connectivity index (χ2n) is 8.43. The van der Waals surface area contributed by atoms with Crippen molar-refractivity contribution in [3.63, 3.8) is 0 Å². The van der Waals surface area contributed by atoms with Gasteiger partial charge in [-0.15, -0.1) is 0 Å². The van der Waals surface area contributed by atoms with Crippen molar-refractivity contribution in [1.82, 2.24) is 20.0 Å². The van der Waals surface area contributed by atoms with Crippen LogP contribution in [0.5, 0.6) is 0 Å². The van der Waals surface area contributed by atoms with Crippen LogP contribution in [0.15, 0.2) is 72.9 Å². The molecular weight excluding hydrogens is 372 g/mol. The van der Waals surface area contributed by atoms with Gasteiger partial charge in [0, 0.05) is 5.54 Å². The van der Waals surface area contributed by atoms with Crippen molar-refractivity contribution in [2.75, 3.05) is 13.1 Å². The Bertz CT molecular complexity index is 988. The highest BCUT2D eigenvalue weighted by atomic mass is 16.2. The smallest absolute Gasteiger partial charge is 0.270 e. The van der Waals surface area contributed by atoms with E-state index in [1.807, 2.05) is 36.4 Å². The second kappa shape index (κ2) is 8.07. The van der Waals surface area contributed by atoms with Crippen LogP contribution >= 0.6 is 0 Å². The van der Waals surface area contributed by atoms with Crippen molar-refractivity contribution in [2.24, 2.45) is 0 Å². The van der Waals surface area contributed by atoms with Gasteiger partial charge >= 0.3 is 0 Å². The number of nitrogens with one attached hydrogen (secondary N) is 1. The van der Waals surface area contributed by atoms with Gasteiger partial charge in [0.2, 0.25) is 0 Å². The predicted molar refractivity (Wildman–Crippen MR) is 118 cm³/mol. The summed E-state index contributed by atoms with van der Waals surface area (Å²) in [7, 11) is 0. The summed E-state index contributed by atoms with van der Waals surface area (Å²) in [6.07, 6.45) is 7.67. The van der Waals surface area contributed by atoms with Gasteiger partial charge in [0.1, 0.15) is 5.69 Å². The Morgan fingerprint density at radius 2 is 1.57 bits per heavy atom. The van der Waals surface area contributed by atoms with Gasteiger partial charge in [0.25, 0.3) is 5.91 Å². The Labute approximate surface area is 177 Å². The molecule has 1 amide bonds. The van der Waals surface area contributed by atoms with Crippen molar-refractivity contribution < 1.29 is 4.79 Å². The molecule has 1 aliphatic carbocycles. The van der Waals surface area contributed by atoms with Crippen LogP contribution in [0.1, 0.15) is 54.2 Å². The van der Waals surface area contributed by atoms with Crippen LogP contribution < -0.4 is 5.32 Å². The summed E-state index contributed by atoms with van der Waals surface area (Å²) >= 11 is 0. The lowest BCUT2D eigenvalue weighted by Crippen LogP contribution is -2.60. The van der Waals surface area contributed by atoms with Crippen LogP contribution in [0, 0.1) is 0 Å². The number of carbonyl (C=O) groups is 1. The van der Waals surface area contributed by atoms with Gasteiger partial charge in [-0.1, -0.05) is 48.5 Å². The molecule has 5 nitrogen and oxygen atoms in total. The minimum absolute atomic E-state index is 0.0190. The number of carbonyl (C=O) groups excluding carboxylic acids is 1. The van der Waals surface area contributed by atoms with Gasteiger partial charge in [-0.3, -0.25) is 9.69 Å². The first-order chi connectivity index (χ1) is 14.8. The molecule has 30 heavy (non-hydrogen) atoms. The van der Waals surface area contributed by atoms with Gasteiger partial charge < -0.3 is 5.32 Å². The molecule has 2 aliphatic rings. The van der Waals surface area contributed by atoms with Crippen LogP contribution in [0.25, 0.3) is 5.69 Å². The van der Waals surface area contributed by atoms with Crippen molar-refractivity contribution in [2.45, 2.75) is 43.7 Å². The fraction of sp³-hybridized carbons (Fsp3) is 0.360. The van der Waals surface area contributed by atoms with Gasteiger partial charge in [0.15, 0.2) is 0 Å². The first-order valence-electron chi connectivity index (χ1n) is 11.0. The Morgan fingerprint density at radius 1 is 0.900 bits per heavy atom. The number of rotatable bonds is 6. The van der Waals surface area contributed by atoms with Crippen LogP contribution in [-0.4, -0.2) is 39.2 Å². The molecule has 1 aliphatic heterocycles. The molecule has 1 N–H and O–H groups in total. The second-order valence-corrected chi connectivity index (χ2v) is 8.43. The fourth-order valence-electron chi connectivity index (χ4n) is 5.12. The average molecular weight is 401 g/mol. The van der Waals surface area contributed by atoms with E-state index in [0.717, 1.165) is 31.6 Å². The van der Waals surface area contributed by atoms with E-state index in [9.17, 15) is 4.79 Å². The molecule has 1 saturated carbocycles. The maximum atomic E-state index is 13.5. The lowest BCUT2D eigenvalue weighted by atomic mass is 9.68. The molecule has 0 spiro atoms. The largest absolute Gasteiger partial charge is 0.342 e. The molecule has 1 aromatic heterocycles. The topological polar surface area (TPSA) is 50.2 Å². The zero-order chi connectivity index (χ0) is 20.4. The summed E-state index contributed by atoms with van der Waals surface area (Å²) in [6.45, 7) is 2.25. The van der Waals surface area contributed by atoms with E-state index >= 15 is 0 Å². The SMILES string of the molecule is O=C(NC(c1ccccc1)C1(N2CCCC2)CCC1)c1ccnn1-c1ccccc1. The molecule has 0 bridgehead atoms. The third-order valence-corrected chi connectivity index (χ3v) is 6.78. The summed E-state index contributed by atoms with van der Waals surface area (Å²) in [5.74, 6) is -0.0734. The third-order valence-electron chi connectivity index (χ3n) is 6.78. The molecule has 3 aromatic rings.